The van der Waals surface area contributed by atoms with E-state index < -0.39 is 11.9 Å². The van der Waals surface area contributed by atoms with E-state index in [-0.39, 0.29) is 19.4 Å². The number of carbonyl (C=O) groups excluding carboxylic acids is 2. The van der Waals surface area contributed by atoms with Crippen molar-refractivity contribution in [2.24, 2.45) is 0 Å². The monoisotopic (exact) mass is 162 g/mol. The van der Waals surface area contributed by atoms with Gasteiger partial charge >= 0.3 is 11.9 Å². The molecule has 5 heteroatoms. The highest BCUT2D eigenvalue weighted by atomic mass is 17.1. The highest BCUT2D eigenvalue weighted by Crippen LogP contribution is 1.93. The van der Waals surface area contributed by atoms with E-state index in [1.807, 2.05) is 0 Å². The van der Waals surface area contributed by atoms with E-state index in [0.29, 0.717) is 0 Å². The molecule has 0 aromatic heterocycles. The highest BCUT2D eigenvalue weighted by molar-refractivity contribution is 5.77. The van der Waals surface area contributed by atoms with Crippen LogP contribution >= 0.6 is 0 Å². The first-order chi connectivity index (χ1) is 5.20. The molecule has 0 fully saturated rings. The van der Waals surface area contributed by atoms with Gasteiger partial charge in [0.1, 0.15) is 0 Å². The summed E-state index contributed by atoms with van der Waals surface area (Å²) >= 11 is 0. The van der Waals surface area contributed by atoms with E-state index in [9.17, 15) is 9.59 Å². The third kappa shape index (κ3) is 5.35. The Morgan fingerprint density at radius 3 is 2.27 bits per heavy atom. The Morgan fingerprint density at radius 2 is 1.82 bits per heavy atom. The summed E-state index contributed by atoms with van der Waals surface area (Å²) in [6.07, 6.45) is -0.220. The zero-order chi connectivity index (χ0) is 8.69. The van der Waals surface area contributed by atoms with Gasteiger partial charge in [0.25, 0.3) is 0 Å². The van der Waals surface area contributed by atoms with Crippen LogP contribution in [0.2, 0.25) is 0 Å². The Bertz CT molecular complexity index is 142. The van der Waals surface area contributed by atoms with Crippen molar-refractivity contribution >= 4 is 11.9 Å². The van der Waals surface area contributed by atoms with Crippen molar-refractivity contribution in [1.82, 2.24) is 0 Å². The average molecular weight is 162 g/mol. The molecule has 0 aromatic carbocycles. The van der Waals surface area contributed by atoms with Gasteiger partial charge in [0.05, 0.1) is 19.4 Å². The Labute approximate surface area is 63.8 Å². The third-order valence-electron chi connectivity index (χ3n) is 0.940. The summed E-state index contributed by atoms with van der Waals surface area (Å²) in [4.78, 5) is 24.1. The highest BCUT2D eigenvalue weighted by Gasteiger charge is 2.07. The summed E-state index contributed by atoms with van der Waals surface area (Å²) in [6.45, 7) is 1.95. The van der Waals surface area contributed by atoms with Crippen molar-refractivity contribution in [2.75, 3.05) is 6.61 Å². The SMILES string of the molecule is CCOC(=O)CCC(=O)OO. The minimum absolute atomic E-state index is 0.0623. The normalized spacial score (nSPS) is 8.91. The van der Waals surface area contributed by atoms with E-state index in [0.717, 1.165) is 0 Å². The summed E-state index contributed by atoms with van der Waals surface area (Å²) in [5.41, 5.74) is 0. The zero-order valence-corrected chi connectivity index (χ0v) is 6.20. The number of ether oxygens (including phenoxy) is 1. The number of rotatable bonds is 4. The van der Waals surface area contributed by atoms with Gasteiger partial charge in [-0.1, -0.05) is 0 Å². The van der Waals surface area contributed by atoms with Crippen molar-refractivity contribution in [2.45, 2.75) is 19.8 Å². The van der Waals surface area contributed by atoms with Crippen LogP contribution in [0.3, 0.4) is 0 Å². The summed E-state index contributed by atoms with van der Waals surface area (Å²) < 4.78 is 4.51. The van der Waals surface area contributed by atoms with E-state index in [4.69, 9.17) is 5.26 Å². The number of hydrogen-bond donors (Lipinski definition) is 1. The van der Waals surface area contributed by atoms with Crippen LogP contribution in [0.4, 0.5) is 0 Å². The molecular formula is C6H10O5. The summed E-state index contributed by atoms with van der Waals surface area (Å²) in [5, 5.41) is 7.78. The molecule has 1 N–H and O–H groups in total. The lowest BCUT2D eigenvalue weighted by Crippen LogP contribution is -2.08. The van der Waals surface area contributed by atoms with Gasteiger partial charge < -0.3 is 9.62 Å². The molecule has 0 rings (SSSR count). The smallest absolute Gasteiger partial charge is 0.342 e. The Morgan fingerprint density at radius 1 is 1.27 bits per heavy atom. The van der Waals surface area contributed by atoms with Gasteiger partial charge in [-0.15, -0.1) is 0 Å². The number of carbonyl (C=O) groups is 2. The van der Waals surface area contributed by atoms with Crippen LogP contribution in [0.25, 0.3) is 0 Å². The quantitative estimate of drug-likeness (QED) is 0.366. The van der Waals surface area contributed by atoms with Crippen LogP contribution in [-0.4, -0.2) is 23.8 Å². The lowest BCUT2D eigenvalue weighted by molar-refractivity contribution is -0.234. The predicted octanol–water partition coefficient (Wildman–Crippen LogP) is 0.346. The molecule has 0 saturated carbocycles. The van der Waals surface area contributed by atoms with Gasteiger partial charge in [-0.2, -0.15) is 5.26 Å². The second-order valence-corrected chi connectivity index (χ2v) is 1.77. The minimum atomic E-state index is -0.835. The summed E-state index contributed by atoms with van der Waals surface area (Å²) in [5.74, 6) is -1.31. The molecule has 0 radical (unpaired) electrons. The Hall–Kier alpha value is -1.10. The first-order valence-electron chi connectivity index (χ1n) is 3.20. The molecule has 0 amide bonds. The lowest BCUT2D eigenvalue weighted by Gasteiger charge is -1.98. The topological polar surface area (TPSA) is 72.8 Å². The second kappa shape index (κ2) is 5.67. The Balaban J connectivity index is 3.38. The maximum Gasteiger partial charge on any atom is 0.342 e. The minimum Gasteiger partial charge on any atom is -0.466 e. The molecule has 0 unspecified atom stereocenters. The van der Waals surface area contributed by atoms with Crippen molar-refractivity contribution < 1.29 is 24.5 Å². The van der Waals surface area contributed by atoms with Crippen LogP contribution in [0.1, 0.15) is 19.8 Å². The van der Waals surface area contributed by atoms with E-state index >= 15 is 0 Å². The van der Waals surface area contributed by atoms with E-state index in [2.05, 4.69) is 9.62 Å². The largest absolute Gasteiger partial charge is 0.466 e. The molecule has 0 aromatic rings. The predicted molar refractivity (Wildman–Crippen MR) is 34.6 cm³/mol. The van der Waals surface area contributed by atoms with Crippen LogP contribution in [0.5, 0.6) is 0 Å². The van der Waals surface area contributed by atoms with Crippen LogP contribution in [0, 0.1) is 0 Å². The van der Waals surface area contributed by atoms with E-state index in [1.165, 1.54) is 0 Å². The van der Waals surface area contributed by atoms with Crippen molar-refractivity contribution in [3.8, 4) is 0 Å². The molecular weight excluding hydrogens is 152 g/mol. The van der Waals surface area contributed by atoms with Gasteiger partial charge in [-0.25, -0.2) is 4.79 Å². The molecule has 11 heavy (non-hydrogen) atoms. The maximum absolute atomic E-state index is 10.6. The molecule has 0 saturated heterocycles. The van der Waals surface area contributed by atoms with Gasteiger partial charge in [0.15, 0.2) is 0 Å². The fourth-order valence-corrected chi connectivity index (χ4v) is 0.483. The van der Waals surface area contributed by atoms with Crippen LogP contribution in [-0.2, 0) is 19.2 Å². The van der Waals surface area contributed by atoms with Crippen molar-refractivity contribution in [3.05, 3.63) is 0 Å². The molecule has 0 atom stereocenters. The fourth-order valence-electron chi connectivity index (χ4n) is 0.483. The van der Waals surface area contributed by atoms with Gasteiger partial charge in [0.2, 0.25) is 0 Å². The molecule has 0 aliphatic heterocycles. The molecule has 0 heterocycles. The first kappa shape index (κ1) is 9.90. The second-order valence-electron chi connectivity index (χ2n) is 1.77. The zero-order valence-electron chi connectivity index (χ0n) is 6.20. The molecule has 0 spiro atoms. The standard InChI is InChI=1S/C6H10O5/c1-2-10-5(7)3-4-6(8)11-9/h9H,2-4H2,1H3. The molecule has 0 bridgehead atoms. The van der Waals surface area contributed by atoms with Crippen molar-refractivity contribution in [3.63, 3.8) is 0 Å². The summed E-state index contributed by atoms with van der Waals surface area (Å²) in [6, 6.07) is 0. The number of esters is 1. The maximum atomic E-state index is 10.6. The van der Waals surface area contributed by atoms with Gasteiger partial charge in [0, 0.05) is 0 Å². The van der Waals surface area contributed by atoms with Gasteiger partial charge in [-0.3, -0.25) is 4.79 Å². The molecule has 0 aliphatic carbocycles. The Kier molecular flexibility index (Phi) is 5.10. The van der Waals surface area contributed by atoms with Crippen LogP contribution < -0.4 is 0 Å². The average Bonchev–Trinajstić information content (AvgIpc) is 2.01. The van der Waals surface area contributed by atoms with Crippen LogP contribution in [0.15, 0.2) is 0 Å². The molecule has 64 valence electrons. The fraction of sp³-hybridized carbons (Fsp3) is 0.667. The van der Waals surface area contributed by atoms with Gasteiger partial charge in [-0.05, 0) is 6.92 Å². The molecule has 5 nitrogen and oxygen atoms in total. The number of hydrogen-bond acceptors (Lipinski definition) is 5. The third-order valence-corrected chi connectivity index (χ3v) is 0.940. The molecule has 0 aliphatic rings. The first-order valence-corrected chi connectivity index (χ1v) is 3.20. The van der Waals surface area contributed by atoms with Crippen molar-refractivity contribution in [1.29, 1.82) is 0 Å². The summed E-state index contributed by atoms with van der Waals surface area (Å²) in [7, 11) is 0. The van der Waals surface area contributed by atoms with E-state index in [1.54, 1.807) is 6.92 Å². The lowest BCUT2D eigenvalue weighted by atomic mass is 10.3.